The third-order valence-electron chi connectivity index (χ3n) is 8.35. The third kappa shape index (κ3) is 8.56. The molecule has 4 nitrogen and oxygen atoms in total. The van der Waals surface area contributed by atoms with Gasteiger partial charge in [-0.15, -0.1) is 0 Å². The van der Waals surface area contributed by atoms with Crippen LogP contribution in [0, 0.1) is 5.92 Å². The van der Waals surface area contributed by atoms with Crippen LogP contribution in [0.1, 0.15) is 152 Å². The quantitative estimate of drug-likeness (QED) is 0.342. The first-order valence-electron chi connectivity index (χ1n) is 13.7. The van der Waals surface area contributed by atoms with Gasteiger partial charge in [-0.25, -0.2) is 0 Å². The standard InChI is InChI=1S/C19H39NO.C9H19NO/c1-6-7-8-9-10-11-12-13-14-17-15-16-18(2,3)20(21)19(17,4)5;1-8(2)6-5-7-9(3,4)10(8)11/h17,21H,6-16H2,1-5H3;11H,5-7H2,1-4H3. The van der Waals surface area contributed by atoms with E-state index in [0.717, 1.165) is 19.3 Å². The van der Waals surface area contributed by atoms with E-state index < -0.39 is 0 Å². The molecule has 0 radical (unpaired) electrons. The van der Waals surface area contributed by atoms with Crippen molar-refractivity contribution in [3.8, 4) is 0 Å². The van der Waals surface area contributed by atoms with E-state index in [4.69, 9.17) is 0 Å². The van der Waals surface area contributed by atoms with E-state index in [-0.39, 0.29) is 22.2 Å². The molecule has 2 saturated heterocycles. The van der Waals surface area contributed by atoms with Crippen molar-refractivity contribution in [2.45, 2.75) is 174 Å². The van der Waals surface area contributed by atoms with Gasteiger partial charge in [0, 0.05) is 22.2 Å². The summed E-state index contributed by atoms with van der Waals surface area (Å²) in [7, 11) is 0. The molecule has 0 bridgehead atoms. The number of rotatable bonds is 9. The van der Waals surface area contributed by atoms with Crippen LogP contribution < -0.4 is 0 Å². The van der Waals surface area contributed by atoms with Crippen LogP contribution in [0.3, 0.4) is 0 Å². The Morgan fingerprint density at radius 2 is 1.06 bits per heavy atom. The van der Waals surface area contributed by atoms with Gasteiger partial charge in [0.2, 0.25) is 0 Å². The van der Waals surface area contributed by atoms with Crippen LogP contribution in [-0.2, 0) is 0 Å². The van der Waals surface area contributed by atoms with Crippen molar-refractivity contribution < 1.29 is 10.4 Å². The normalized spacial score (nSPS) is 26.9. The van der Waals surface area contributed by atoms with Crippen LogP contribution in [0.15, 0.2) is 0 Å². The molecule has 2 heterocycles. The van der Waals surface area contributed by atoms with E-state index in [0.29, 0.717) is 5.92 Å². The highest BCUT2D eigenvalue weighted by atomic mass is 16.5. The van der Waals surface area contributed by atoms with E-state index in [1.165, 1.54) is 75.7 Å². The summed E-state index contributed by atoms with van der Waals surface area (Å²) in [6.45, 7) is 19.4. The molecular weight excluding hydrogens is 396 g/mol. The summed E-state index contributed by atoms with van der Waals surface area (Å²) in [4.78, 5) is 0. The molecule has 2 fully saturated rings. The molecule has 32 heavy (non-hydrogen) atoms. The molecule has 0 amide bonds. The van der Waals surface area contributed by atoms with Crippen LogP contribution in [0.5, 0.6) is 0 Å². The van der Waals surface area contributed by atoms with Crippen molar-refractivity contribution in [3.05, 3.63) is 0 Å². The van der Waals surface area contributed by atoms with Crippen molar-refractivity contribution in [2.75, 3.05) is 0 Å². The van der Waals surface area contributed by atoms with Gasteiger partial charge in [-0.3, -0.25) is 0 Å². The summed E-state index contributed by atoms with van der Waals surface area (Å²) in [6, 6.07) is 0. The number of piperidine rings is 2. The predicted molar refractivity (Wildman–Crippen MR) is 137 cm³/mol. The summed E-state index contributed by atoms with van der Waals surface area (Å²) in [5, 5.41) is 23.4. The minimum absolute atomic E-state index is 0.0399. The van der Waals surface area contributed by atoms with Crippen LogP contribution in [0.2, 0.25) is 0 Å². The number of hydrogen-bond donors (Lipinski definition) is 2. The van der Waals surface area contributed by atoms with Crippen LogP contribution in [0.4, 0.5) is 0 Å². The molecule has 192 valence electrons. The van der Waals surface area contributed by atoms with Gasteiger partial charge in [-0.2, -0.15) is 10.1 Å². The maximum Gasteiger partial charge on any atom is 0.0438 e. The van der Waals surface area contributed by atoms with E-state index in [2.05, 4.69) is 62.3 Å². The third-order valence-corrected chi connectivity index (χ3v) is 8.35. The Hall–Kier alpha value is -0.160. The van der Waals surface area contributed by atoms with E-state index in [9.17, 15) is 10.4 Å². The Kier molecular flexibility index (Phi) is 11.7. The summed E-state index contributed by atoms with van der Waals surface area (Å²) in [5.41, 5.74) is -0.231. The van der Waals surface area contributed by atoms with Gasteiger partial charge in [0.15, 0.2) is 0 Å². The van der Waals surface area contributed by atoms with Crippen LogP contribution in [0.25, 0.3) is 0 Å². The lowest BCUT2D eigenvalue weighted by molar-refractivity contribution is -0.259. The second kappa shape index (κ2) is 12.5. The Bertz CT molecular complexity index is 512. The monoisotopic (exact) mass is 454 g/mol. The lowest BCUT2D eigenvalue weighted by Gasteiger charge is -2.53. The molecule has 2 aliphatic rings. The molecule has 0 spiro atoms. The van der Waals surface area contributed by atoms with Crippen molar-refractivity contribution in [1.82, 2.24) is 10.1 Å². The topological polar surface area (TPSA) is 46.9 Å². The van der Waals surface area contributed by atoms with Gasteiger partial charge in [0.05, 0.1) is 0 Å². The largest absolute Gasteiger partial charge is 0.313 e. The van der Waals surface area contributed by atoms with Crippen molar-refractivity contribution in [2.24, 2.45) is 5.92 Å². The van der Waals surface area contributed by atoms with Gasteiger partial charge in [0.1, 0.15) is 0 Å². The summed E-state index contributed by atoms with van der Waals surface area (Å²) >= 11 is 0. The molecule has 2 rings (SSSR count). The first kappa shape index (κ1) is 29.9. The molecule has 0 aromatic heterocycles. The highest BCUT2D eigenvalue weighted by molar-refractivity contribution is 4.97. The molecule has 4 heteroatoms. The van der Waals surface area contributed by atoms with E-state index in [1.807, 2.05) is 0 Å². The fourth-order valence-electron chi connectivity index (χ4n) is 5.95. The first-order valence-corrected chi connectivity index (χ1v) is 13.7. The molecule has 0 aromatic rings. The summed E-state index contributed by atoms with van der Waals surface area (Å²) in [5.74, 6) is 0.635. The number of nitrogens with zero attached hydrogens (tertiary/aromatic N) is 2. The average Bonchev–Trinajstić information content (AvgIpc) is 2.69. The zero-order valence-corrected chi connectivity index (χ0v) is 23.3. The molecule has 0 aromatic carbocycles. The van der Waals surface area contributed by atoms with Gasteiger partial charge in [-0.1, -0.05) is 58.3 Å². The summed E-state index contributed by atoms with van der Waals surface area (Å²) < 4.78 is 0. The SMILES string of the molecule is CC1(C)CCCC(C)(C)N1O.CCCCCCCCCCC1CCC(C)(C)N(O)C1(C)C. The fourth-order valence-corrected chi connectivity index (χ4v) is 5.95. The van der Waals surface area contributed by atoms with Gasteiger partial charge < -0.3 is 10.4 Å². The maximum atomic E-state index is 10.5. The molecule has 0 aliphatic carbocycles. The van der Waals surface area contributed by atoms with E-state index >= 15 is 0 Å². The minimum atomic E-state index is -0.0805. The second-order valence-corrected chi connectivity index (χ2v) is 13.1. The first-order chi connectivity index (χ1) is 14.7. The number of unbranched alkanes of at least 4 members (excludes halogenated alkanes) is 7. The molecule has 1 unspecified atom stereocenters. The summed E-state index contributed by atoms with van der Waals surface area (Å²) in [6.07, 6.45) is 18.1. The lowest BCUT2D eigenvalue weighted by atomic mass is 9.72. The molecule has 2 aliphatic heterocycles. The highest BCUT2D eigenvalue weighted by Gasteiger charge is 2.46. The molecule has 0 saturated carbocycles. The zero-order chi connectivity index (χ0) is 24.6. The Balaban J connectivity index is 0.000000389. The van der Waals surface area contributed by atoms with Crippen molar-refractivity contribution in [3.63, 3.8) is 0 Å². The Labute approximate surface area is 201 Å². The maximum absolute atomic E-state index is 10.5. The average molecular weight is 455 g/mol. The fraction of sp³-hybridized carbons (Fsp3) is 1.00. The molecular formula is C28H58N2O2. The Morgan fingerprint density at radius 1 is 0.625 bits per heavy atom. The lowest BCUT2D eigenvalue weighted by Crippen LogP contribution is -2.60. The molecule has 1 atom stereocenters. The van der Waals surface area contributed by atoms with Crippen LogP contribution in [-0.4, -0.2) is 42.7 Å². The van der Waals surface area contributed by atoms with Crippen molar-refractivity contribution in [1.29, 1.82) is 0 Å². The second-order valence-electron chi connectivity index (χ2n) is 13.1. The Morgan fingerprint density at radius 3 is 1.53 bits per heavy atom. The predicted octanol–water partition coefficient (Wildman–Crippen LogP) is 8.59. The van der Waals surface area contributed by atoms with Gasteiger partial charge in [-0.05, 0) is 99.8 Å². The van der Waals surface area contributed by atoms with Crippen LogP contribution >= 0.6 is 0 Å². The van der Waals surface area contributed by atoms with E-state index in [1.54, 1.807) is 5.06 Å². The van der Waals surface area contributed by atoms with Gasteiger partial charge >= 0.3 is 0 Å². The van der Waals surface area contributed by atoms with Crippen molar-refractivity contribution >= 4 is 0 Å². The van der Waals surface area contributed by atoms with Gasteiger partial charge in [0.25, 0.3) is 0 Å². The number of hydroxylamine groups is 4. The minimum Gasteiger partial charge on any atom is -0.313 e. The zero-order valence-electron chi connectivity index (χ0n) is 23.3. The smallest absolute Gasteiger partial charge is 0.0438 e. The molecule has 2 N–H and O–H groups in total. The number of hydrogen-bond acceptors (Lipinski definition) is 4. The highest BCUT2D eigenvalue weighted by Crippen LogP contribution is 2.42.